The molecular formula is C28H37N5O. The Hall–Kier alpha value is -2.83. The Morgan fingerprint density at radius 3 is 2.38 bits per heavy atom. The number of nitrogens with zero attached hydrogens (tertiary/aromatic N) is 4. The summed E-state index contributed by atoms with van der Waals surface area (Å²) in [6.07, 6.45) is 7.20. The second-order valence-corrected chi connectivity index (χ2v) is 9.77. The summed E-state index contributed by atoms with van der Waals surface area (Å²) in [5.41, 5.74) is 4.52. The van der Waals surface area contributed by atoms with E-state index in [9.17, 15) is 0 Å². The normalized spacial score (nSPS) is 21.9. The second kappa shape index (κ2) is 10.6. The minimum Gasteiger partial charge on any atom is -0.497 e. The number of ether oxygens (including phenoxy) is 1. The number of aromatic nitrogens is 2. The van der Waals surface area contributed by atoms with Crippen LogP contribution in [0.15, 0.2) is 60.8 Å². The molecule has 6 heteroatoms. The molecular weight excluding hydrogens is 422 g/mol. The fourth-order valence-corrected chi connectivity index (χ4v) is 5.32. The van der Waals surface area contributed by atoms with E-state index in [1.54, 1.807) is 7.11 Å². The predicted octanol–water partition coefficient (Wildman–Crippen LogP) is 4.90. The van der Waals surface area contributed by atoms with Crippen LogP contribution in [0.5, 0.6) is 5.75 Å². The van der Waals surface area contributed by atoms with Crippen LogP contribution in [0.25, 0.3) is 11.3 Å². The van der Waals surface area contributed by atoms with E-state index < -0.39 is 0 Å². The SMILES string of the molecule is COc1cccc(CNc2ccc(-c3ccn(C4CCC(N5CCN(C)CC5)CC4)n3)cc2)c1. The second-order valence-electron chi connectivity index (χ2n) is 9.77. The van der Waals surface area contributed by atoms with E-state index in [1.807, 2.05) is 12.1 Å². The van der Waals surface area contributed by atoms with Crippen molar-refractivity contribution in [2.24, 2.45) is 0 Å². The van der Waals surface area contributed by atoms with Crippen molar-refractivity contribution in [3.05, 3.63) is 66.4 Å². The molecule has 2 aliphatic rings. The van der Waals surface area contributed by atoms with Crippen LogP contribution in [0.1, 0.15) is 37.3 Å². The quantitative estimate of drug-likeness (QED) is 0.544. The third-order valence-corrected chi connectivity index (χ3v) is 7.51. The van der Waals surface area contributed by atoms with Gasteiger partial charge in [-0.3, -0.25) is 9.58 Å². The number of likely N-dealkylation sites (N-methyl/N-ethyl adjacent to an activating group) is 1. The number of hydrogen-bond donors (Lipinski definition) is 1. The molecule has 180 valence electrons. The zero-order chi connectivity index (χ0) is 23.3. The molecule has 34 heavy (non-hydrogen) atoms. The first-order valence-corrected chi connectivity index (χ1v) is 12.6. The van der Waals surface area contributed by atoms with Crippen molar-refractivity contribution in [2.45, 2.75) is 44.3 Å². The summed E-state index contributed by atoms with van der Waals surface area (Å²) >= 11 is 0. The molecule has 0 bridgehead atoms. The van der Waals surface area contributed by atoms with Crippen LogP contribution in [0, 0.1) is 0 Å². The number of benzene rings is 2. The molecule has 2 fully saturated rings. The van der Waals surface area contributed by atoms with E-state index in [4.69, 9.17) is 9.84 Å². The number of methoxy groups -OCH3 is 1. The fraction of sp³-hybridized carbons (Fsp3) is 0.464. The van der Waals surface area contributed by atoms with Crippen molar-refractivity contribution in [1.29, 1.82) is 0 Å². The molecule has 0 amide bonds. The molecule has 1 aliphatic carbocycles. The largest absolute Gasteiger partial charge is 0.497 e. The van der Waals surface area contributed by atoms with E-state index in [1.165, 1.54) is 57.4 Å². The van der Waals surface area contributed by atoms with E-state index in [2.05, 4.69) is 75.5 Å². The molecule has 3 aromatic rings. The minimum absolute atomic E-state index is 0.529. The van der Waals surface area contributed by atoms with E-state index in [-0.39, 0.29) is 0 Å². The average Bonchev–Trinajstić information content (AvgIpc) is 3.39. The number of rotatable bonds is 7. The van der Waals surface area contributed by atoms with Crippen LogP contribution in [-0.4, -0.2) is 66.0 Å². The highest BCUT2D eigenvalue weighted by molar-refractivity contribution is 5.62. The molecule has 2 heterocycles. The molecule has 2 aromatic carbocycles. The van der Waals surface area contributed by atoms with Crippen LogP contribution in [-0.2, 0) is 6.54 Å². The molecule has 1 aromatic heterocycles. The van der Waals surface area contributed by atoms with Gasteiger partial charge in [-0.2, -0.15) is 5.10 Å². The lowest BCUT2D eigenvalue weighted by molar-refractivity contribution is 0.0811. The number of anilines is 1. The predicted molar refractivity (Wildman–Crippen MR) is 138 cm³/mol. The van der Waals surface area contributed by atoms with E-state index in [0.717, 1.165) is 35.3 Å². The summed E-state index contributed by atoms with van der Waals surface area (Å²) in [4.78, 5) is 5.16. The lowest BCUT2D eigenvalue weighted by Crippen LogP contribution is -2.49. The van der Waals surface area contributed by atoms with Gasteiger partial charge in [-0.15, -0.1) is 0 Å². The van der Waals surface area contributed by atoms with Crippen LogP contribution in [0.4, 0.5) is 5.69 Å². The fourth-order valence-electron chi connectivity index (χ4n) is 5.32. The molecule has 0 radical (unpaired) electrons. The molecule has 5 rings (SSSR count). The lowest BCUT2D eigenvalue weighted by atomic mass is 9.90. The maximum Gasteiger partial charge on any atom is 0.119 e. The topological polar surface area (TPSA) is 45.6 Å². The molecule has 1 saturated heterocycles. The summed E-state index contributed by atoms with van der Waals surface area (Å²) in [7, 11) is 3.93. The molecule has 0 spiro atoms. The van der Waals surface area contributed by atoms with Crippen molar-refractivity contribution >= 4 is 5.69 Å². The van der Waals surface area contributed by atoms with Crippen LogP contribution < -0.4 is 10.1 Å². The van der Waals surface area contributed by atoms with Gasteiger partial charge in [-0.1, -0.05) is 24.3 Å². The number of nitrogens with one attached hydrogen (secondary N) is 1. The van der Waals surface area contributed by atoms with Crippen molar-refractivity contribution in [2.75, 3.05) is 45.7 Å². The van der Waals surface area contributed by atoms with Gasteiger partial charge >= 0.3 is 0 Å². The molecule has 1 N–H and O–H groups in total. The van der Waals surface area contributed by atoms with Crippen LogP contribution in [0.2, 0.25) is 0 Å². The number of piperazine rings is 1. The third-order valence-electron chi connectivity index (χ3n) is 7.51. The van der Waals surface area contributed by atoms with E-state index in [0.29, 0.717) is 6.04 Å². The maximum absolute atomic E-state index is 5.31. The Labute approximate surface area is 203 Å². The summed E-state index contributed by atoms with van der Waals surface area (Å²) < 4.78 is 7.53. The van der Waals surface area contributed by atoms with Crippen molar-refractivity contribution in [3.8, 4) is 17.0 Å². The van der Waals surface area contributed by atoms with Gasteiger partial charge in [0.15, 0.2) is 0 Å². The van der Waals surface area contributed by atoms with Crippen LogP contribution >= 0.6 is 0 Å². The zero-order valence-electron chi connectivity index (χ0n) is 20.5. The van der Waals surface area contributed by atoms with Gasteiger partial charge in [0, 0.05) is 56.2 Å². The number of hydrogen-bond acceptors (Lipinski definition) is 5. The highest BCUT2D eigenvalue weighted by Crippen LogP contribution is 2.32. The first-order chi connectivity index (χ1) is 16.7. The van der Waals surface area contributed by atoms with Crippen LogP contribution in [0.3, 0.4) is 0 Å². The van der Waals surface area contributed by atoms with Gasteiger partial charge in [0.25, 0.3) is 0 Å². The Morgan fingerprint density at radius 2 is 1.65 bits per heavy atom. The Balaban J connectivity index is 1.14. The summed E-state index contributed by atoms with van der Waals surface area (Å²) in [6, 6.07) is 20.2. The molecule has 1 aliphatic heterocycles. The Bertz CT molecular complexity index is 1050. The summed E-state index contributed by atoms with van der Waals surface area (Å²) in [5.74, 6) is 0.887. The van der Waals surface area contributed by atoms with Crippen molar-refractivity contribution in [1.82, 2.24) is 19.6 Å². The molecule has 1 saturated carbocycles. The first-order valence-electron chi connectivity index (χ1n) is 12.6. The van der Waals surface area contributed by atoms with E-state index >= 15 is 0 Å². The van der Waals surface area contributed by atoms with Gasteiger partial charge in [0.2, 0.25) is 0 Å². The van der Waals surface area contributed by atoms with Crippen molar-refractivity contribution < 1.29 is 4.74 Å². The van der Waals surface area contributed by atoms with Crippen molar-refractivity contribution in [3.63, 3.8) is 0 Å². The standard InChI is InChI=1S/C28H37N5O/c1-31-16-18-32(19-17-31)25-10-12-26(13-11-25)33-15-14-28(30-33)23-6-8-24(9-7-23)29-21-22-4-3-5-27(20-22)34-2/h3-9,14-15,20,25-26,29H,10-13,16-19,21H2,1-2H3. The Kier molecular flexibility index (Phi) is 7.16. The molecule has 0 atom stereocenters. The van der Waals surface area contributed by atoms with Gasteiger partial charge in [-0.05, 0) is 68.6 Å². The minimum atomic E-state index is 0.529. The summed E-state index contributed by atoms with van der Waals surface area (Å²) in [5, 5.41) is 8.45. The highest BCUT2D eigenvalue weighted by Gasteiger charge is 2.28. The third kappa shape index (κ3) is 5.45. The Morgan fingerprint density at radius 1 is 0.912 bits per heavy atom. The molecule has 0 unspecified atom stereocenters. The zero-order valence-corrected chi connectivity index (χ0v) is 20.5. The smallest absolute Gasteiger partial charge is 0.119 e. The van der Waals surface area contributed by atoms with Gasteiger partial charge < -0.3 is 15.0 Å². The first kappa shape index (κ1) is 22.9. The van der Waals surface area contributed by atoms with Gasteiger partial charge in [0.1, 0.15) is 5.75 Å². The molecule has 6 nitrogen and oxygen atoms in total. The highest BCUT2D eigenvalue weighted by atomic mass is 16.5. The lowest BCUT2D eigenvalue weighted by Gasteiger charge is -2.41. The average molecular weight is 460 g/mol. The summed E-state index contributed by atoms with van der Waals surface area (Å²) in [6.45, 7) is 5.63. The maximum atomic E-state index is 5.31. The van der Waals surface area contributed by atoms with Gasteiger partial charge in [0.05, 0.1) is 18.8 Å². The monoisotopic (exact) mass is 459 g/mol. The van der Waals surface area contributed by atoms with Gasteiger partial charge in [-0.25, -0.2) is 0 Å².